The van der Waals surface area contributed by atoms with Crippen LogP contribution in [0, 0.1) is 5.92 Å². The van der Waals surface area contributed by atoms with Gasteiger partial charge >= 0.3 is 0 Å². The molecule has 1 heterocycles. The van der Waals surface area contributed by atoms with Crippen LogP contribution in [0.15, 0.2) is 24.3 Å². The Labute approximate surface area is 118 Å². The van der Waals surface area contributed by atoms with E-state index in [2.05, 4.69) is 15.3 Å². The summed E-state index contributed by atoms with van der Waals surface area (Å²) in [5.74, 6) is 0.806. The lowest BCUT2D eigenvalue weighted by molar-refractivity contribution is -0.117. The molecule has 1 fully saturated rings. The number of rotatable bonds is 3. The quantitative estimate of drug-likeness (QED) is 0.802. The molecule has 2 atom stereocenters. The topological polar surface area (TPSA) is 83.8 Å². The van der Waals surface area contributed by atoms with Gasteiger partial charge in [0.1, 0.15) is 0 Å². The number of hydrogen-bond donors (Lipinski definition) is 3. The zero-order valence-corrected chi connectivity index (χ0v) is 11.4. The van der Waals surface area contributed by atoms with Crippen LogP contribution in [0.2, 0.25) is 0 Å². The summed E-state index contributed by atoms with van der Waals surface area (Å²) in [4.78, 5) is 19.5. The molecule has 5 nitrogen and oxygen atoms in total. The monoisotopic (exact) mass is 272 g/mol. The zero-order valence-electron chi connectivity index (χ0n) is 11.4. The van der Waals surface area contributed by atoms with Crippen molar-refractivity contribution in [1.82, 2.24) is 9.97 Å². The van der Waals surface area contributed by atoms with E-state index in [1.807, 2.05) is 24.3 Å². The Morgan fingerprint density at radius 2 is 2.15 bits per heavy atom. The summed E-state index contributed by atoms with van der Waals surface area (Å²) in [7, 11) is 0. The molecule has 2 aromatic rings. The lowest BCUT2D eigenvalue weighted by Crippen LogP contribution is -2.35. The van der Waals surface area contributed by atoms with Crippen molar-refractivity contribution in [3.63, 3.8) is 0 Å². The summed E-state index contributed by atoms with van der Waals surface area (Å²) in [5.41, 5.74) is 7.86. The third kappa shape index (κ3) is 2.82. The number of nitrogens with two attached hydrogens (primary N) is 1. The molecule has 1 aromatic heterocycles. The second-order valence-corrected chi connectivity index (χ2v) is 5.56. The fourth-order valence-corrected chi connectivity index (χ4v) is 2.92. The number of imidazole rings is 1. The fourth-order valence-electron chi connectivity index (χ4n) is 2.92. The van der Waals surface area contributed by atoms with Crippen molar-refractivity contribution in [2.75, 3.05) is 5.32 Å². The van der Waals surface area contributed by atoms with Crippen molar-refractivity contribution in [1.29, 1.82) is 0 Å². The lowest BCUT2D eigenvalue weighted by Gasteiger charge is -2.27. The third-order valence-corrected chi connectivity index (χ3v) is 4.06. The number of nitrogens with zero attached hydrogens (tertiary/aromatic N) is 1. The second-order valence-electron chi connectivity index (χ2n) is 5.56. The molecule has 3 rings (SSSR count). The first-order chi connectivity index (χ1) is 9.72. The second kappa shape index (κ2) is 5.63. The molecule has 1 aromatic carbocycles. The maximum Gasteiger partial charge on any atom is 0.227 e. The number of nitrogens with one attached hydrogen (secondary N) is 2. The fraction of sp³-hybridized carbons (Fsp3) is 0.467. The highest BCUT2D eigenvalue weighted by Crippen LogP contribution is 2.26. The van der Waals surface area contributed by atoms with E-state index in [-0.39, 0.29) is 11.9 Å². The molecule has 1 saturated carbocycles. The van der Waals surface area contributed by atoms with Gasteiger partial charge in [-0.15, -0.1) is 0 Å². The van der Waals surface area contributed by atoms with Gasteiger partial charge < -0.3 is 10.7 Å². The number of H-pyrrole nitrogens is 1. The highest BCUT2D eigenvalue weighted by atomic mass is 16.1. The number of hydrogen-bond acceptors (Lipinski definition) is 3. The van der Waals surface area contributed by atoms with E-state index < -0.39 is 0 Å². The van der Waals surface area contributed by atoms with E-state index in [1.165, 1.54) is 12.8 Å². The molecule has 0 bridgehead atoms. The van der Waals surface area contributed by atoms with Crippen molar-refractivity contribution < 1.29 is 4.79 Å². The van der Waals surface area contributed by atoms with E-state index in [4.69, 9.17) is 5.73 Å². The first-order valence-corrected chi connectivity index (χ1v) is 7.22. The Bertz CT molecular complexity index is 574. The Balaban J connectivity index is 1.63. The van der Waals surface area contributed by atoms with Gasteiger partial charge in [0.25, 0.3) is 0 Å². The summed E-state index contributed by atoms with van der Waals surface area (Å²) in [6, 6.07) is 7.88. The van der Waals surface area contributed by atoms with Crippen LogP contribution in [-0.2, 0) is 4.79 Å². The summed E-state index contributed by atoms with van der Waals surface area (Å²) in [5, 5.41) is 2.84. The smallest absolute Gasteiger partial charge is 0.227 e. The molecule has 1 aliphatic carbocycles. The van der Waals surface area contributed by atoms with Gasteiger partial charge in [0.2, 0.25) is 11.9 Å². The summed E-state index contributed by atoms with van der Waals surface area (Å²) in [6.07, 6.45) is 4.93. The molecular formula is C15H20N4O. The summed E-state index contributed by atoms with van der Waals surface area (Å²) < 4.78 is 0. The van der Waals surface area contributed by atoms with Gasteiger partial charge in [-0.1, -0.05) is 25.0 Å². The lowest BCUT2D eigenvalue weighted by atomic mass is 9.83. The highest BCUT2D eigenvalue weighted by molar-refractivity contribution is 5.91. The molecule has 1 amide bonds. The number of carbonyl (C=O) groups is 1. The molecule has 0 spiro atoms. The Hall–Kier alpha value is -1.88. The van der Waals surface area contributed by atoms with Crippen LogP contribution < -0.4 is 11.1 Å². The number of para-hydroxylation sites is 2. The van der Waals surface area contributed by atoms with Gasteiger partial charge in [-0.3, -0.25) is 10.1 Å². The predicted octanol–water partition coefficient (Wildman–Crippen LogP) is 2.41. The average molecular weight is 272 g/mol. The molecule has 0 saturated heterocycles. The maximum absolute atomic E-state index is 12.1. The van der Waals surface area contributed by atoms with Crippen LogP contribution in [0.3, 0.4) is 0 Å². The molecular weight excluding hydrogens is 252 g/mol. The number of anilines is 1. The van der Waals surface area contributed by atoms with Crippen molar-refractivity contribution >= 4 is 22.9 Å². The minimum Gasteiger partial charge on any atom is -0.327 e. The number of benzene rings is 1. The van der Waals surface area contributed by atoms with Crippen molar-refractivity contribution in [2.45, 2.75) is 38.1 Å². The van der Waals surface area contributed by atoms with Crippen molar-refractivity contribution in [3.05, 3.63) is 24.3 Å². The highest BCUT2D eigenvalue weighted by Gasteiger charge is 2.24. The minimum atomic E-state index is -0.00796. The zero-order chi connectivity index (χ0) is 13.9. The predicted molar refractivity (Wildman–Crippen MR) is 79.3 cm³/mol. The van der Waals surface area contributed by atoms with Gasteiger partial charge in [0.05, 0.1) is 11.0 Å². The molecule has 4 N–H and O–H groups in total. The summed E-state index contributed by atoms with van der Waals surface area (Å²) in [6.45, 7) is 0. The number of aromatic amines is 1. The van der Waals surface area contributed by atoms with Gasteiger partial charge in [-0.2, -0.15) is 0 Å². The molecule has 0 radical (unpaired) electrons. The first-order valence-electron chi connectivity index (χ1n) is 7.22. The van der Waals surface area contributed by atoms with Crippen LogP contribution in [-0.4, -0.2) is 21.9 Å². The SMILES string of the molecule is NC1CCCCC1CC(=O)Nc1nc2ccccc2[nH]1. The van der Waals surface area contributed by atoms with Gasteiger partial charge in [0.15, 0.2) is 0 Å². The van der Waals surface area contributed by atoms with Crippen LogP contribution in [0.5, 0.6) is 0 Å². The third-order valence-electron chi connectivity index (χ3n) is 4.06. The van der Waals surface area contributed by atoms with Crippen LogP contribution in [0.1, 0.15) is 32.1 Å². The number of fused-ring (bicyclic) bond motifs is 1. The standard InChI is InChI=1S/C15H20N4O/c16-11-6-2-1-5-10(11)9-14(20)19-15-17-12-7-3-4-8-13(12)18-15/h3-4,7-8,10-11H,1-2,5-6,9,16H2,(H2,17,18,19,20). The normalized spacial score (nSPS) is 22.9. The average Bonchev–Trinajstić information content (AvgIpc) is 2.83. The first kappa shape index (κ1) is 13.1. The molecule has 106 valence electrons. The molecule has 1 aliphatic rings. The van der Waals surface area contributed by atoms with E-state index in [0.29, 0.717) is 18.3 Å². The Morgan fingerprint density at radius 1 is 1.35 bits per heavy atom. The summed E-state index contributed by atoms with van der Waals surface area (Å²) >= 11 is 0. The minimum absolute atomic E-state index is 0.00796. The Morgan fingerprint density at radius 3 is 2.95 bits per heavy atom. The number of amides is 1. The van der Waals surface area contributed by atoms with E-state index in [9.17, 15) is 4.79 Å². The molecule has 20 heavy (non-hydrogen) atoms. The van der Waals surface area contributed by atoms with Crippen molar-refractivity contribution in [3.8, 4) is 0 Å². The molecule has 5 heteroatoms. The Kier molecular flexibility index (Phi) is 3.69. The van der Waals surface area contributed by atoms with E-state index in [0.717, 1.165) is 23.9 Å². The van der Waals surface area contributed by atoms with E-state index >= 15 is 0 Å². The van der Waals surface area contributed by atoms with Gasteiger partial charge in [-0.25, -0.2) is 4.98 Å². The van der Waals surface area contributed by atoms with Crippen LogP contribution in [0.25, 0.3) is 11.0 Å². The molecule has 2 unspecified atom stereocenters. The largest absolute Gasteiger partial charge is 0.327 e. The number of aromatic nitrogens is 2. The molecule has 0 aliphatic heterocycles. The number of carbonyl (C=O) groups excluding carboxylic acids is 1. The van der Waals surface area contributed by atoms with Gasteiger partial charge in [0, 0.05) is 12.5 Å². The van der Waals surface area contributed by atoms with Crippen molar-refractivity contribution in [2.24, 2.45) is 11.7 Å². The van der Waals surface area contributed by atoms with Gasteiger partial charge in [-0.05, 0) is 30.9 Å². The van der Waals surface area contributed by atoms with Crippen LogP contribution >= 0.6 is 0 Å². The van der Waals surface area contributed by atoms with Crippen LogP contribution in [0.4, 0.5) is 5.95 Å². The maximum atomic E-state index is 12.1. The van der Waals surface area contributed by atoms with E-state index in [1.54, 1.807) is 0 Å².